The van der Waals surface area contributed by atoms with Gasteiger partial charge in [0.05, 0.1) is 11.6 Å². The molecular formula is C13H10BNO2. The summed E-state index contributed by atoms with van der Waals surface area (Å²) in [7, 11) is -1.65. The Labute approximate surface area is 99.7 Å². The molecule has 0 saturated carbocycles. The molecule has 0 aliphatic rings. The standard InChI is InChI=1S/C13H10BNO2/c15-9-11-7-4-8-12(13(11)14(16)17)10-5-2-1-3-6-10/h1-8,16-17H. The molecule has 82 valence electrons. The average Bonchev–Trinajstić information content (AvgIpc) is 2.38. The van der Waals surface area contributed by atoms with E-state index in [1.807, 2.05) is 36.4 Å². The first-order valence-corrected chi connectivity index (χ1v) is 5.18. The van der Waals surface area contributed by atoms with E-state index in [0.717, 1.165) is 5.56 Å². The summed E-state index contributed by atoms with van der Waals surface area (Å²) in [6.07, 6.45) is 0. The van der Waals surface area contributed by atoms with Crippen molar-refractivity contribution >= 4 is 12.6 Å². The monoisotopic (exact) mass is 223 g/mol. The van der Waals surface area contributed by atoms with Gasteiger partial charge in [0, 0.05) is 5.46 Å². The molecule has 2 rings (SSSR count). The van der Waals surface area contributed by atoms with Crippen molar-refractivity contribution in [2.75, 3.05) is 0 Å². The molecule has 0 fully saturated rings. The van der Waals surface area contributed by atoms with Gasteiger partial charge in [0.1, 0.15) is 0 Å². The molecule has 0 aliphatic heterocycles. The summed E-state index contributed by atoms with van der Waals surface area (Å²) in [6, 6.07) is 16.4. The van der Waals surface area contributed by atoms with E-state index in [4.69, 9.17) is 5.26 Å². The summed E-state index contributed by atoms with van der Waals surface area (Å²) in [5, 5.41) is 27.7. The summed E-state index contributed by atoms with van der Waals surface area (Å²) < 4.78 is 0. The number of benzene rings is 2. The zero-order valence-corrected chi connectivity index (χ0v) is 9.04. The minimum absolute atomic E-state index is 0.251. The van der Waals surface area contributed by atoms with Crippen LogP contribution in [0.25, 0.3) is 11.1 Å². The predicted molar refractivity (Wildman–Crippen MR) is 66.4 cm³/mol. The van der Waals surface area contributed by atoms with Crippen LogP contribution in [0.5, 0.6) is 0 Å². The highest BCUT2D eigenvalue weighted by Crippen LogP contribution is 2.18. The minimum Gasteiger partial charge on any atom is -0.423 e. The van der Waals surface area contributed by atoms with Crippen molar-refractivity contribution in [2.45, 2.75) is 0 Å². The maximum Gasteiger partial charge on any atom is 0.490 e. The molecule has 0 amide bonds. The van der Waals surface area contributed by atoms with Gasteiger partial charge in [-0.25, -0.2) is 0 Å². The molecule has 0 heterocycles. The zero-order valence-electron chi connectivity index (χ0n) is 9.04. The van der Waals surface area contributed by atoms with Crippen molar-refractivity contribution in [3.63, 3.8) is 0 Å². The van der Waals surface area contributed by atoms with Crippen LogP contribution in [0.3, 0.4) is 0 Å². The summed E-state index contributed by atoms with van der Waals surface area (Å²) in [6.45, 7) is 0. The first-order chi connectivity index (χ1) is 8.24. The smallest absolute Gasteiger partial charge is 0.423 e. The molecular weight excluding hydrogens is 213 g/mol. The summed E-state index contributed by atoms with van der Waals surface area (Å²) in [5.74, 6) is 0. The lowest BCUT2D eigenvalue weighted by Crippen LogP contribution is -2.34. The predicted octanol–water partition coefficient (Wildman–Crippen LogP) is 0.905. The second kappa shape index (κ2) is 4.83. The third-order valence-electron chi connectivity index (χ3n) is 2.57. The fourth-order valence-corrected chi connectivity index (χ4v) is 1.81. The Balaban J connectivity index is 2.67. The number of nitrogens with zero attached hydrogens (tertiary/aromatic N) is 1. The van der Waals surface area contributed by atoms with E-state index in [9.17, 15) is 10.0 Å². The van der Waals surface area contributed by atoms with E-state index in [1.54, 1.807) is 18.2 Å². The molecule has 2 N–H and O–H groups in total. The Hall–Kier alpha value is -2.09. The molecule has 2 aromatic rings. The second-order valence-corrected chi connectivity index (χ2v) is 3.62. The number of rotatable bonds is 2. The number of hydrogen-bond donors (Lipinski definition) is 2. The van der Waals surface area contributed by atoms with Crippen LogP contribution >= 0.6 is 0 Å². The SMILES string of the molecule is N#Cc1cccc(-c2ccccc2)c1B(O)O. The molecule has 0 saturated heterocycles. The van der Waals surface area contributed by atoms with E-state index >= 15 is 0 Å². The van der Waals surface area contributed by atoms with Gasteiger partial charge in [0.2, 0.25) is 0 Å². The third-order valence-corrected chi connectivity index (χ3v) is 2.57. The molecule has 17 heavy (non-hydrogen) atoms. The fourth-order valence-electron chi connectivity index (χ4n) is 1.81. The Morgan fingerprint density at radius 1 is 0.941 bits per heavy atom. The first-order valence-electron chi connectivity index (χ1n) is 5.18. The van der Waals surface area contributed by atoms with Crippen molar-refractivity contribution in [1.29, 1.82) is 5.26 Å². The Bertz CT molecular complexity index is 561. The van der Waals surface area contributed by atoms with Crippen LogP contribution < -0.4 is 5.46 Å². The van der Waals surface area contributed by atoms with Crippen LogP contribution in [-0.4, -0.2) is 17.2 Å². The van der Waals surface area contributed by atoms with Crippen LogP contribution in [-0.2, 0) is 0 Å². The van der Waals surface area contributed by atoms with Gasteiger partial charge in [0.15, 0.2) is 0 Å². The van der Waals surface area contributed by atoms with Crippen LogP contribution in [0, 0.1) is 11.3 Å². The van der Waals surface area contributed by atoms with E-state index in [-0.39, 0.29) is 11.0 Å². The maximum absolute atomic E-state index is 9.38. The molecule has 0 atom stereocenters. The largest absolute Gasteiger partial charge is 0.490 e. The summed E-state index contributed by atoms with van der Waals surface area (Å²) in [4.78, 5) is 0. The van der Waals surface area contributed by atoms with Crippen molar-refractivity contribution in [2.24, 2.45) is 0 Å². The van der Waals surface area contributed by atoms with Gasteiger partial charge >= 0.3 is 7.12 Å². The summed E-state index contributed by atoms with van der Waals surface area (Å²) >= 11 is 0. The van der Waals surface area contributed by atoms with E-state index in [2.05, 4.69) is 0 Å². The van der Waals surface area contributed by atoms with Crippen LogP contribution in [0.1, 0.15) is 5.56 Å². The van der Waals surface area contributed by atoms with Gasteiger partial charge in [-0.1, -0.05) is 42.5 Å². The lowest BCUT2D eigenvalue weighted by atomic mass is 9.72. The molecule has 4 heteroatoms. The van der Waals surface area contributed by atoms with Crippen LogP contribution in [0.4, 0.5) is 0 Å². The van der Waals surface area contributed by atoms with Crippen molar-refractivity contribution in [3.05, 3.63) is 54.1 Å². The molecule has 2 aromatic carbocycles. The normalized spacial score (nSPS) is 9.71. The van der Waals surface area contributed by atoms with Gasteiger partial charge in [-0.05, 0) is 17.2 Å². The fraction of sp³-hybridized carbons (Fsp3) is 0. The highest BCUT2D eigenvalue weighted by molar-refractivity contribution is 6.61. The molecule has 0 aliphatic carbocycles. The minimum atomic E-state index is -1.65. The second-order valence-electron chi connectivity index (χ2n) is 3.62. The highest BCUT2D eigenvalue weighted by Gasteiger charge is 2.20. The molecule has 0 radical (unpaired) electrons. The number of hydrogen-bond acceptors (Lipinski definition) is 3. The molecule has 0 unspecified atom stereocenters. The van der Waals surface area contributed by atoms with Crippen molar-refractivity contribution < 1.29 is 10.0 Å². The number of nitriles is 1. The van der Waals surface area contributed by atoms with Crippen LogP contribution in [0.15, 0.2) is 48.5 Å². The lowest BCUT2D eigenvalue weighted by molar-refractivity contribution is 0.426. The van der Waals surface area contributed by atoms with Crippen LogP contribution in [0.2, 0.25) is 0 Å². The van der Waals surface area contributed by atoms with E-state index < -0.39 is 7.12 Å². The maximum atomic E-state index is 9.38. The summed E-state index contributed by atoms with van der Waals surface area (Å²) in [5.41, 5.74) is 2.05. The van der Waals surface area contributed by atoms with Gasteiger partial charge in [-0.15, -0.1) is 0 Å². The first kappa shape index (κ1) is 11.4. The van der Waals surface area contributed by atoms with E-state index in [1.165, 1.54) is 0 Å². The van der Waals surface area contributed by atoms with Gasteiger partial charge < -0.3 is 10.0 Å². The van der Waals surface area contributed by atoms with Crippen molar-refractivity contribution in [1.82, 2.24) is 0 Å². The molecule has 0 spiro atoms. The Kier molecular flexibility index (Phi) is 3.24. The van der Waals surface area contributed by atoms with Gasteiger partial charge in [-0.3, -0.25) is 0 Å². The van der Waals surface area contributed by atoms with Gasteiger partial charge in [-0.2, -0.15) is 5.26 Å². The zero-order chi connectivity index (χ0) is 12.3. The molecule has 0 aromatic heterocycles. The van der Waals surface area contributed by atoms with Gasteiger partial charge in [0.25, 0.3) is 0 Å². The quantitative estimate of drug-likeness (QED) is 0.743. The topological polar surface area (TPSA) is 64.2 Å². The Morgan fingerprint density at radius 2 is 1.65 bits per heavy atom. The third kappa shape index (κ3) is 2.21. The molecule has 0 bridgehead atoms. The lowest BCUT2D eigenvalue weighted by Gasteiger charge is -2.10. The average molecular weight is 223 g/mol. The Morgan fingerprint density at radius 3 is 2.24 bits per heavy atom. The highest BCUT2D eigenvalue weighted by atomic mass is 16.4. The molecule has 3 nitrogen and oxygen atoms in total. The van der Waals surface area contributed by atoms with Crippen molar-refractivity contribution in [3.8, 4) is 17.2 Å². The van der Waals surface area contributed by atoms with E-state index in [0.29, 0.717) is 5.56 Å².